The van der Waals surface area contributed by atoms with Gasteiger partial charge in [-0.3, -0.25) is 4.79 Å². The number of aromatic amines is 2. The first-order valence-electron chi connectivity index (χ1n) is 6.28. The Bertz CT molecular complexity index is 843. The SMILES string of the molecule is COc1ccc(-c2cnc(-c3nnn[nH]3)[nH]c2=O)cc1OC. The number of hydrogen-bond donors (Lipinski definition) is 2. The molecule has 0 bridgehead atoms. The summed E-state index contributed by atoms with van der Waals surface area (Å²) in [5, 5.41) is 13.1. The first kappa shape index (κ1) is 13.7. The molecule has 0 aliphatic carbocycles. The van der Waals surface area contributed by atoms with Gasteiger partial charge in [-0.25, -0.2) is 10.1 Å². The molecule has 0 fully saturated rings. The summed E-state index contributed by atoms with van der Waals surface area (Å²) in [6, 6.07) is 5.19. The minimum Gasteiger partial charge on any atom is -0.493 e. The van der Waals surface area contributed by atoms with E-state index in [4.69, 9.17) is 9.47 Å². The summed E-state index contributed by atoms with van der Waals surface area (Å²) < 4.78 is 10.4. The minimum absolute atomic E-state index is 0.263. The molecule has 0 aliphatic rings. The Hall–Kier alpha value is -3.23. The Kier molecular flexibility index (Phi) is 3.52. The molecule has 0 saturated heterocycles. The molecule has 9 nitrogen and oxygen atoms in total. The van der Waals surface area contributed by atoms with E-state index in [1.807, 2.05) is 0 Å². The average molecular weight is 300 g/mol. The third kappa shape index (κ3) is 2.39. The molecule has 9 heteroatoms. The molecule has 0 atom stereocenters. The summed E-state index contributed by atoms with van der Waals surface area (Å²) in [6.07, 6.45) is 1.46. The van der Waals surface area contributed by atoms with Crippen LogP contribution in [0.2, 0.25) is 0 Å². The van der Waals surface area contributed by atoms with Crippen molar-refractivity contribution in [3.63, 3.8) is 0 Å². The van der Waals surface area contributed by atoms with Crippen molar-refractivity contribution < 1.29 is 9.47 Å². The van der Waals surface area contributed by atoms with Crippen LogP contribution in [0.25, 0.3) is 22.8 Å². The smallest absolute Gasteiger partial charge is 0.259 e. The molecule has 3 aromatic rings. The van der Waals surface area contributed by atoms with E-state index in [1.54, 1.807) is 25.3 Å². The fraction of sp³-hybridized carbons (Fsp3) is 0.154. The highest BCUT2D eigenvalue weighted by atomic mass is 16.5. The van der Waals surface area contributed by atoms with Gasteiger partial charge in [-0.05, 0) is 28.1 Å². The fourth-order valence-electron chi connectivity index (χ4n) is 1.98. The Morgan fingerprint density at radius 1 is 1.09 bits per heavy atom. The van der Waals surface area contributed by atoms with Gasteiger partial charge in [-0.2, -0.15) is 0 Å². The van der Waals surface area contributed by atoms with Crippen molar-refractivity contribution in [1.82, 2.24) is 30.6 Å². The number of ether oxygens (including phenoxy) is 2. The zero-order valence-corrected chi connectivity index (χ0v) is 11.8. The summed E-state index contributed by atoms with van der Waals surface area (Å²) in [4.78, 5) is 19.0. The van der Waals surface area contributed by atoms with Crippen molar-refractivity contribution in [1.29, 1.82) is 0 Å². The number of H-pyrrole nitrogens is 2. The predicted molar refractivity (Wildman–Crippen MR) is 76.6 cm³/mol. The second-order valence-electron chi connectivity index (χ2n) is 4.29. The number of rotatable bonds is 4. The van der Waals surface area contributed by atoms with E-state index in [0.717, 1.165) is 0 Å². The summed E-state index contributed by atoms with van der Waals surface area (Å²) in [5.74, 6) is 1.66. The summed E-state index contributed by atoms with van der Waals surface area (Å²) in [7, 11) is 3.08. The number of nitrogens with zero attached hydrogens (tertiary/aromatic N) is 4. The van der Waals surface area contributed by atoms with Crippen LogP contribution in [0.15, 0.2) is 29.2 Å². The Labute approximate surface area is 124 Å². The largest absolute Gasteiger partial charge is 0.493 e. The monoisotopic (exact) mass is 300 g/mol. The summed E-state index contributed by atoms with van der Waals surface area (Å²) >= 11 is 0. The second kappa shape index (κ2) is 5.64. The van der Waals surface area contributed by atoms with Crippen LogP contribution >= 0.6 is 0 Å². The van der Waals surface area contributed by atoms with Crippen LogP contribution in [0, 0.1) is 0 Å². The summed E-state index contributed by atoms with van der Waals surface area (Å²) in [6.45, 7) is 0. The Morgan fingerprint density at radius 3 is 2.55 bits per heavy atom. The van der Waals surface area contributed by atoms with Crippen LogP contribution in [0.4, 0.5) is 0 Å². The van der Waals surface area contributed by atoms with Crippen LogP contribution in [0.5, 0.6) is 11.5 Å². The van der Waals surface area contributed by atoms with Crippen molar-refractivity contribution in [2.75, 3.05) is 14.2 Å². The summed E-state index contributed by atoms with van der Waals surface area (Å²) in [5.41, 5.74) is 0.749. The van der Waals surface area contributed by atoms with Gasteiger partial charge in [0.1, 0.15) is 0 Å². The van der Waals surface area contributed by atoms with E-state index in [1.165, 1.54) is 13.3 Å². The number of methoxy groups -OCH3 is 2. The molecule has 2 N–H and O–H groups in total. The highest BCUT2D eigenvalue weighted by Gasteiger charge is 2.11. The van der Waals surface area contributed by atoms with Gasteiger partial charge in [-0.1, -0.05) is 6.07 Å². The molecule has 112 valence electrons. The van der Waals surface area contributed by atoms with Crippen LogP contribution in [-0.2, 0) is 0 Å². The van der Waals surface area contributed by atoms with Crippen molar-refractivity contribution in [3.8, 4) is 34.3 Å². The van der Waals surface area contributed by atoms with E-state index < -0.39 is 0 Å². The quantitative estimate of drug-likeness (QED) is 0.725. The van der Waals surface area contributed by atoms with Gasteiger partial charge < -0.3 is 14.5 Å². The van der Waals surface area contributed by atoms with Gasteiger partial charge in [0.2, 0.25) is 5.82 Å². The van der Waals surface area contributed by atoms with E-state index in [2.05, 4.69) is 30.6 Å². The molecule has 0 amide bonds. The minimum atomic E-state index is -0.311. The molecular formula is C13H12N6O3. The van der Waals surface area contributed by atoms with Crippen LogP contribution in [-0.4, -0.2) is 44.8 Å². The van der Waals surface area contributed by atoms with E-state index in [0.29, 0.717) is 22.6 Å². The van der Waals surface area contributed by atoms with Gasteiger partial charge >= 0.3 is 0 Å². The van der Waals surface area contributed by atoms with Gasteiger partial charge in [0, 0.05) is 6.20 Å². The number of nitrogens with one attached hydrogen (secondary N) is 2. The lowest BCUT2D eigenvalue weighted by atomic mass is 10.1. The topological polar surface area (TPSA) is 119 Å². The molecule has 0 aliphatic heterocycles. The predicted octanol–water partition coefficient (Wildman–Crippen LogP) is 0.634. The zero-order chi connectivity index (χ0) is 15.5. The third-order valence-electron chi connectivity index (χ3n) is 3.06. The van der Waals surface area contributed by atoms with Crippen LogP contribution in [0.3, 0.4) is 0 Å². The van der Waals surface area contributed by atoms with E-state index in [9.17, 15) is 4.79 Å². The van der Waals surface area contributed by atoms with Crippen LogP contribution in [0.1, 0.15) is 0 Å². The van der Waals surface area contributed by atoms with Crippen LogP contribution < -0.4 is 15.0 Å². The van der Waals surface area contributed by atoms with Gasteiger partial charge in [0.05, 0.1) is 19.8 Å². The lowest BCUT2D eigenvalue weighted by Gasteiger charge is -2.09. The first-order valence-corrected chi connectivity index (χ1v) is 6.28. The lowest BCUT2D eigenvalue weighted by Crippen LogP contribution is -2.12. The Morgan fingerprint density at radius 2 is 1.91 bits per heavy atom. The van der Waals surface area contributed by atoms with Gasteiger partial charge in [0.25, 0.3) is 5.56 Å². The number of hydrogen-bond acceptors (Lipinski definition) is 7. The highest BCUT2D eigenvalue weighted by Crippen LogP contribution is 2.30. The number of benzene rings is 1. The highest BCUT2D eigenvalue weighted by molar-refractivity contribution is 5.66. The van der Waals surface area contributed by atoms with Crippen molar-refractivity contribution in [2.45, 2.75) is 0 Å². The molecule has 2 aromatic heterocycles. The van der Waals surface area contributed by atoms with Crippen molar-refractivity contribution in [2.24, 2.45) is 0 Å². The Balaban J connectivity index is 2.04. The maximum Gasteiger partial charge on any atom is 0.259 e. The first-order chi connectivity index (χ1) is 10.7. The zero-order valence-electron chi connectivity index (χ0n) is 11.8. The lowest BCUT2D eigenvalue weighted by molar-refractivity contribution is 0.355. The molecular weight excluding hydrogens is 288 g/mol. The van der Waals surface area contributed by atoms with Crippen molar-refractivity contribution in [3.05, 3.63) is 34.7 Å². The molecule has 3 rings (SSSR count). The molecule has 2 heterocycles. The van der Waals surface area contributed by atoms with E-state index in [-0.39, 0.29) is 17.2 Å². The standard InChI is InChI=1S/C13H12N6O3/c1-21-9-4-3-7(5-10(9)22-2)8-6-14-11(15-13(8)20)12-16-18-19-17-12/h3-6H,1-2H3,(H,14,15,20)(H,16,17,18,19). The molecule has 22 heavy (non-hydrogen) atoms. The molecule has 1 aromatic carbocycles. The van der Waals surface area contributed by atoms with Gasteiger partial charge in [0.15, 0.2) is 17.3 Å². The average Bonchev–Trinajstić information content (AvgIpc) is 3.08. The third-order valence-corrected chi connectivity index (χ3v) is 3.06. The molecule has 0 spiro atoms. The maximum absolute atomic E-state index is 12.2. The normalized spacial score (nSPS) is 10.5. The molecule has 0 radical (unpaired) electrons. The molecule has 0 unspecified atom stereocenters. The van der Waals surface area contributed by atoms with Gasteiger partial charge in [-0.15, -0.1) is 5.10 Å². The number of aromatic nitrogens is 6. The fourth-order valence-corrected chi connectivity index (χ4v) is 1.98. The van der Waals surface area contributed by atoms with Crippen molar-refractivity contribution >= 4 is 0 Å². The maximum atomic E-state index is 12.2. The second-order valence-corrected chi connectivity index (χ2v) is 4.29. The number of tetrazole rings is 1. The molecule has 0 saturated carbocycles. The van der Waals surface area contributed by atoms with E-state index >= 15 is 0 Å².